The van der Waals surface area contributed by atoms with Crippen molar-refractivity contribution in [2.24, 2.45) is 0 Å². The molecule has 0 bridgehead atoms. The maximum atomic E-state index is 11.2. The molecule has 0 aromatic heterocycles. The Morgan fingerprint density at radius 2 is 2.00 bits per heavy atom. The molecule has 1 N–H and O–H groups in total. The Kier molecular flexibility index (Phi) is 12.0. The predicted octanol–water partition coefficient (Wildman–Crippen LogP) is 3.12. The highest BCUT2D eigenvalue weighted by Gasteiger charge is 2.12. The second kappa shape index (κ2) is 11.8. The van der Waals surface area contributed by atoms with Crippen LogP contribution in [0.1, 0.15) is 45.4 Å². The SMILES string of the molecule is CCCCCCCN[C@@H](CCSC)C(=O)S. The fraction of sp³-hybridized carbons (Fsp3) is 0.917. The molecule has 1 atom stereocenters. The zero-order valence-corrected chi connectivity index (χ0v) is 12.2. The summed E-state index contributed by atoms with van der Waals surface area (Å²) in [5.41, 5.74) is 0. The molecule has 2 nitrogen and oxygen atoms in total. The molecule has 0 saturated heterocycles. The second-order valence-electron chi connectivity index (χ2n) is 4.04. The number of rotatable bonds is 11. The molecule has 0 spiro atoms. The van der Waals surface area contributed by atoms with Crippen LogP contribution in [-0.2, 0) is 4.79 Å². The summed E-state index contributed by atoms with van der Waals surface area (Å²) in [5.74, 6) is 1.01. The van der Waals surface area contributed by atoms with Crippen LogP contribution in [-0.4, -0.2) is 29.7 Å². The van der Waals surface area contributed by atoms with Crippen molar-refractivity contribution in [2.45, 2.75) is 51.5 Å². The van der Waals surface area contributed by atoms with Gasteiger partial charge in [0.2, 0.25) is 5.12 Å². The topological polar surface area (TPSA) is 29.1 Å². The second-order valence-corrected chi connectivity index (χ2v) is 5.47. The number of hydrogen-bond donors (Lipinski definition) is 2. The Morgan fingerprint density at radius 3 is 2.56 bits per heavy atom. The van der Waals surface area contributed by atoms with Crippen LogP contribution in [0.3, 0.4) is 0 Å². The highest BCUT2D eigenvalue weighted by molar-refractivity contribution is 7.98. The van der Waals surface area contributed by atoms with Crippen LogP contribution >= 0.6 is 24.4 Å². The molecule has 0 aromatic carbocycles. The minimum absolute atomic E-state index is 0.0254. The van der Waals surface area contributed by atoms with Crippen LogP contribution in [0, 0.1) is 0 Å². The molecule has 0 aliphatic carbocycles. The van der Waals surface area contributed by atoms with E-state index in [1.54, 1.807) is 11.8 Å². The Balaban J connectivity index is 3.48. The van der Waals surface area contributed by atoms with Gasteiger partial charge in [-0.2, -0.15) is 11.8 Å². The molecular formula is C12H25NOS2. The molecule has 0 unspecified atom stereocenters. The smallest absolute Gasteiger partial charge is 0.202 e. The van der Waals surface area contributed by atoms with E-state index in [1.807, 2.05) is 0 Å². The van der Waals surface area contributed by atoms with Crippen molar-refractivity contribution in [1.82, 2.24) is 5.32 Å². The molecule has 0 radical (unpaired) electrons. The molecule has 0 rings (SSSR count). The molecule has 0 aliphatic heterocycles. The van der Waals surface area contributed by atoms with Crippen LogP contribution in [0.25, 0.3) is 0 Å². The largest absolute Gasteiger partial charge is 0.307 e. The van der Waals surface area contributed by atoms with E-state index in [9.17, 15) is 4.79 Å². The molecule has 96 valence electrons. The van der Waals surface area contributed by atoms with Gasteiger partial charge >= 0.3 is 0 Å². The van der Waals surface area contributed by atoms with E-state index in [1.165, 1.54) is 25.7 Å². The van der Waals surface area contributed by atoms with Gasteiger partial charge in [0.25, 0.3) is 0 Å². The number of thioether (sulfide) groups is 1. The first-order chi connectivity index (χ1) is 7.72. The lowest BCUT2D eigenvalue weighted by atomic mass is 10.1. The van der Waals surface area contributed by atoms with Gasteiger partial charge in [0, 0.05) is 0 Å². The first-order valence-electron chi connectivity index (χ1n) is 6.17. The first kappa shape index (κ1) is 16.3. The number of unbranched alkanes of at least 4 members (excludes halogenated alkanes) is 4. The van der Waals surface area contributed by atoms with Gasteiger partial charge in [-0.3, -0.25) is 4.79 Å². The molecular weight excluding hydrogens is 238 g/mol. The third-order valence-corrected chi connectivity index (χ3v) is 3.54. The Labute approximate surface area is 110 Å². The minimum Gasteiger partial charge on any atom is -0.307 e. The van der Waals surface area contributed by atoms with E-state index in [0.29, 0.717) is 0 Å². The maximum absolute atomic E-state index is 11.2. The molecule has 4 heteroatoms. The van der Waals surface area contributed by atoms with E-state index in [0.717, 1.165) is 25.1 Å². The van der Waals surface area contributed by atoms with Crippen LogP contribution in [0.4, 0.5) is 0 Å². The van der Waals surface area contributed by atoms with Crippen LogP contribution in [0.5, 0.6) is 0 Å². The summed E-state index contributed by atoms with van der Waals surface area (Å²) < 4.78 is 0. The van der Waals surface area contributed by atoms with Gasteiger partial charge in [-0.05, 0) is 31.4 Å². The number of carbonyl (C=O) groups is 1. The van der Waals surface area contributed by atoms with Crippen molar-refractivity contribution in [2.75, 3.05) is 18.6 Å². The van der Waals surface area contributed by atoms with E-state index in [4.69, 9.17) is 0 Å². The van der Waals surface area contributed by atoms with Crippen molar-refractivity contribution in [3.63, 3.8) is 0 Å². The highest BCUT2D eigenvalue weighted by Crippen LogP contribution is 2.05. The van der Waals surface area contributed by atoms with Crippen molar-refractivity contribution in [1.29, 1.82) is 0 Å². The molecule has 16 heavy (non-hydrogen) atoms. The van der Waals surface area contributed by atoms with Gasteiger partial charge in [-0.25, -0.2) is 0 Å². The molecule has 0 saturated carbocycles. The van der Waals surface area contributed by atoms with Crippen molar-refractivity contribution < 1.29 is 4.79 Å². The third-order valence-electron chi connectivity index (χ3n) is 2.58. The van der Waals surface area contributed by atoms with Crippen LogP contribution < -0.4 is 5.32 Å². The average Bonchev–Trinajstić information content (AvgIpc) is 2.26. The first-order valence-corrected chi connectivity index (χ1v) is 8.01. The zero-order chi connectivity index (χ0) is 12.2. The summed E-state index contributed by atoms with van der Waals surface area (Å²) in [6, 6.07) is -0.0537. The van der Waals surface area contributed by atoms with Gasteiger partial charge in [0.15, 0.2) is 0 Å². The summed E-state index contributed by atoms with van der Waals surface area (Å²) in [4.78, 5) is 11.2. The third kappa shape index (κ3) is 9.55. The summed E-state index contributed by atoms with van der Waals surface area (Å²) in [7, 11) is 0. The van der Waals surface area contributed by atoms with Gasteiger partial charge in [-0.1, -0.05) is 32.6 Å². The molecule has 0 heterocycles. The van der Waals surface area contributed by atoms with E-state index in [-0.39, 0.29) is 11.2 Å². The highest BCUT2D eigenvalue weighted by atomic mass is 32.2. The van der Waals surface area contributed by atoms with Crippen LogP contribution in [0.15, 0.2) is 0 Å². The quantitative estimate of drug-likeness (QED) is 0.443. The van der Waals surface area contributed by atoms with Crippen molar-refractivity contribution >= 4 is 29.5 Å². The standard InChI is InChI=1S/C12H25NOS2/c1-3-4-5-6-7-9-13-11(12(14)15)8-10-16-2/h11,13H,3-10H2,1-2H3,(H,14,15)/t11-/m0/s1. The van der Waals surface area contributed by atoms with Gasteiger partial charge in [0.1, 0.15) is 0 Å². The lowest BCUT2D eigenvalue weighted by Gasteiger charge is -2.14. The van der Waals surface area contributed by atoms with Gasteiger partial charge < -0.3 is 5.32 Å². The lowest BCUT2D eigenvalue weighted by molar-refractivity contribution is -0.112. The summed E-state index contributed by atoms with van der Waals surface area (Å²) in [6.45, 7) is 3.16. The van der Waals surface area contributed by atoms with Crippen molar-refractivity contribution in [3.8, 4) is 0 Å². The van der Waals surface area contributed by atoms with Gasteiger partial charge in [0.05, 0.1) is 6.04 Å². The van der Waals surface area contributed by atoms with Crippen LogP contribution in [0.2, 0.25) is 0 Å². The number of hydrogen-bond acceptors (Lipinski definition) is 3. The predicted molar refractivity (Wildman–Crippen MR) is 77.5 cm³/mol. The maximum Gasteiger partial charge on any atom is 0.202 e. The molecule has 0 amide bonds. The zero-order valence-electron chi connectivity index (χ0n) is 10.5. The normalized spacial score (nSPS) is 12.7. The van der Waals surface area contributed by atoms with E-state index in [2.05, 4.69) is 31.1 Å². The monoisotopic (exact) mass is 263 g/mol. The molecule has 0 aromatic rings. The fourth-order valence-electron chi connectivity index (χ4n) is 1.55. The summed E-state index contributed by atoms with van der Waals surface area (Å²) >= 11 is 5.69. The lowest BCUT2D eigenvalue weighted by Crippen LogP contribution is -2.35. The fourth-order valence-corrected chi connectivity index (χ4v) is 2.25. The minimum atomic E-state index is -0.0537. The summed E-state index contributed by atoms with van der Waals surface area (Å²) in [6.07, 6.45) is 9.28. The summed E-state index contributed by atoms with van der Waals surface area (Å²) in [5, 5.41) is 3.27. The number of thiol groups is 1. The Morgan fingerprint density at radius 1 is 1.31 bits per heavy atom. The average molecular weight is 263 g/mol. The molecule has 0 aliphatic rings. The van der Waals surface area contributed by atoms with E-state index < -0.39 is 0 Å². The Hall–Kier alpha value is 0.330. The Bertz CT molecular complexity index is 176. The van der Waals surface area contributed by atoms with E-state index >= 15 is 0 Å². The van der Waals surface area contributed by atoms with Gasteiger partial charge in [-0.15, -0.1) is 12.6 Å². The number of carbonyl (C=O) groups excluding carboxylic acids is 1. The van der Waals surface area contributed by atoms with Crippen molar-refractivity contribution in [3.05, 3.63) is 0 Å². The number of nitrogens with one attached hydrogen (secondary N) is 1. The molecule has 0 fully saturated rings.